The average Bonchev–Trinajstić information content (AvgIpc) is 2.62. The fourth-order valence-corrected chi connectivity index (χ4v) is 2.85. The zero-order chi connectivity index (χ0) is 16.1. The van der Waals surface area contributed by atoms with Crippen molar-refractivity contribution in [2.45, 2.75) is 19.5 Å². The van der Waals surface area contributed by atoms with Gasteiger partial charge in [-0.15, -0.1) is 24.0 Å². The van der Waals surface area contributed by atoms with E-state index in [1.54, 1.807) is 7.11 Å². The lowest BCUT2D eigenvalue weighted by Crippen LogP contribution is -2.43. The first kappa shape index (κ1) is 18.5. The number of halogens is 1. The normalized spacial score (nSPS) is 13.8. The summed E-state index contributed by atoms with van der Waals surface area (Å²) in [4.78, 5) is 11.1. The Balaban J connectivity index is 0.00000208. The van der Waals surface area contributed by atoms with E-state index >= 15 is 0 Å². The number of hydrogen-bond donors (Lipinski definition) is 1. The van der Waals surface area contributed by atoms with E-state index < -0.39 is 0 Å². The highest BCUT2D eigenvalue weighted by molar-refractivity contribution is 14.0. The molecule has 1 aliphatic rings. The molecule has 2 heterocycles. The van der Waals surface area contributed by atoms with Gasteiger partial charge in [0.2, 0.25) is 5.88 Å². The molecule has 0 radical (unpaired) electrons. The summed E-state index contributed by atoms with van der Waals surface area (Å²) in [5.41, 5.74) is 3.75. The van der Waals surface area contributed by atoms with Crippen molar-refractivity contribution in [3.05, 3.63) is 59.3 Å². The molecule has 128 valence electrons. The van der Waals surface area contributed by atoms with Crippen molar-refractivity contribution in [1.82, 2.24) is 15.2 Å². The third-order valence-corrected chi connectivity index (χ3v) is 4.06. The maximum absolute atomic E-state index is 5.16. The summed E-state index contributed by atoms with van der Waals surface area (Å²) in [7, 11) is 3.45. The second-order valence-corrected chi connectivity index (χ2v) is 5.51. The Morgan fingerprint density at radius 2 is 2.00 bits per heavy atom. The summed E-state index contributed by atoms with van der Waals surface area (Å²) in [6, 6.07) is 14.4. The van der Waals surface area contributed by atoms with E-state index in [1.807, 2.05) is 25.2 Å². The van der Waals surface area contributed by atoms with Gasteiger partial charge in [-0.25, -0.2) is 4.98 Å². The molecule has 24 heavy (non-hydrogen) atoms. The summed E-state index contributed by atoms with van der Waals surface area (Å²) in [6.07, 6.45) is 1.05. The lowest BCUT2D eigenvalue weighted by atomic mass is 10.0. The number of hydrogen-bond acceptors (Lipinski definition) is 3. The van der Waals surface area contributed by atoms with E-state index in [2.05, 4.69) is 44.5 Å². The van der Waals surface area contributed by atoms with E-state index in [0.29, 0.717) is 12.4 Å². The Labute approximate surface area is 160 Å². The zero-order valence-corrected chi connectivity index (χ0v) is 16.4. The number of aromatic nitrogens is 1. The van der Waals surface area contributed by atoms with Crippen LogP contribution in [0.5, 0.6) is 5.88 Å². The first-order valence-electron chi connectivity index (χ1n) is 7.82. The van der Waals surface area contributed by atoms with E-state index in [1.165, 1.54) is 11.1 Å². The predicted octanol–water partition coefficient (Wildman–Crippen LogP) is 2.84. The van der Waals surface area contributed by atoms with E-state index in [9.17, 15) is 0 Å². The quantitative estimate of drug-likeness (QED) is 0.455. The van der Waals surface area contributed by atoms with Crippen molar-refractivity contribution >= 4 is 29.9 Å². The Hall–Kier alpha value is -1.83. The highest BCUT2D eigenvalue weighted by atomic mass is 127. The van der Waals surface area contributed by atoms with Crippen molar-refractivity contribution in [1.29, 1.82) is 0 Å². The van der Waals surface area contributed by atoms with Crippen LogP contribution >= 0.6 is 24.0 Å². The van der Waals surface area contributed by atoms with Gasteiger partial charge >= 0.3 is 0 Å². The van der Waals surface area contributed by atoms with Crippen LogP contribution in [0.25, 0.3) is 0 Å². The molecule has 0 bridgehead atoms. The third kappa shape index (κ3) is 4.37. The summed E-state index contributed by atoms with van der Waals surface area (Å²) in [5.74, 6) is 1.54. The van der Waals surface area contributed by atoms with E-state index in [0.717, 1.165) is 31.2 Å². The molecule has 1 aliphatic heterocycles. The molecule has 1 aromatic heterocycles. The number of ether oxygens (including phenoxy) is 1. The molecule has 0 saturated heterocycles. The first-order chi connectivity index (χ1) is 11.3. The van der Waals surface area contributed by atoms with Crippen molar-refractivity contribution < 1.29 is 4.74 Å². The van der Waals surface area contributed by atoms with Crippen molar-refractivity contribution in [3.63, 3.8) is 0 Å². The summed E-state index contributed by atoms with van der Waals surface area (Å²) in [6.45, 7) is 2.49. The second kappa shape index (κ2) is 8.86. The number of fused-ring (bicyclic) bond motifs is 1. The van der Waals surface area contributed by atoms with E-state index in [4.69, 9.17) is 4.74 Å². The number of nitrogens with zero attached hydrogens (tertiary/aromatic N) is 3. The molecule has 0 amide bonds. The molecule has 5 nitrogen and oxygen atoms in total. The minimum atomic E-state index is 0. The molecule has 3 rings (SSSR count). The lowest BCUT2D eigenvalue weighted by molar-refractivity contribution is 0.377. The molecule has 1 aromatic carbocycles. The van der Waals surface area contributed by atoms with Gasteiger partial charge in [-0.1, -0.05) is 30.3 Å². The number of benzene rings is 1. The molecule has 0 fully saturated rings. The number of methoxy groups -OCH3 is 1. The topological polar surface area (TPSA) is 49.8 Å². The summed E-state index contributed by atoms with van der Waals surface area (Å²) >= 11 is 0. The van der Waals surface area contributed by atoms with Gasteiger partial charge < -0.3 is 15.0 Å². The van der Waals surface area contributed by atoms with Crippen LogP contribution in [0.1, 0.15) is 16.8 Å². The number of nitrogens with one attached hydrogen (secondary N) is 1. The van der Waals surface area contributed by atoms with Crippen LogP contribution in [-0.2, 0) is 19.5 Å². The van der Waals surface area contributed by atoms with Crippen LogP contribution < -0.4 is 10.1 Å². The van der Waals surface area contributed by atoms with Crippen molar-refractivity contribution in [2.24, 2.45) is 4.99 Å². The average molecular weight is 438 g/mol. The lowest BCUT2D eigenvalue weighted by Gasteiger charge is -2.31. The van der Waals surface area contributed by atoms with Crippen molar-refractivity contribution in [3.8, 4) is 5.88 Å². The molecule has 2 aromatic rings. The standard InChI is InChI=1S/C18H22N4O.HI/c1-19-18(20-12-16-8-5-9-17(21-16)23-2)22-11-10-14-6-3-4-7-15(14)13-22;/h3-9H,10-13H2,1-2H3,(H,19,20);1H. The van der Waals surface area contributed by atoms with Crippen LogP contribution in [0.2, 0.25) is 0 Å². The van der Waals surface area contributed by atoms with Gasteiger partial charge in [0, 0.05) is 26.2 Å². The largest absolute Gasteiger partial charge is 0.481 e. The fourth-order valence-electron chi connectivity index (χ4n) is 2.85. The molecule has 1 N–H and O–H groups in total. The summed E-state index contributed by atoms with van der Waals surface area (Å²) < 4.78 is 5.16. The number of aliphatic imine (C=N–C) groups is 1. The van der Waals surface area contributed by atoms with Gasteiger partial charge in [0.1, 0.15) is 0 Å². The smallest absolute Gasteiger partial charge is 0.213 e. The van der Waals surface area contributed by atoms with Crippen LogP contribution in [-0.4, -0.2) is 36.5 Å². The molecule has 0 spiro atoms. The Morgan fingerprint density at radius 1 is 1.21 bits per heavy atom. The monoisotopic (exact) mass is 438 g/mol. The zero-order valence-electron chi connectivity index (χ0n) is 14.0. The van der Waals surface area contributed by atoms with Crippen molar-refractivity contribution in [2.75, 3.05) is 20.7 Å². The molecule has 0 saturated carbocycles. The molecular formula is C18H23IN4O. The SMILES string of the molecule is CN=C(NCc1cccc(OC)n1)N1CCc2ccccc2C1.I. The van der Waals surface area contributed by atoms with Crippen LogP contribution in [0, 0.1) is 0 Å². The number of rotatable bonds is 3. The van der Waals surface area contributed by atoms with Crippen LogP contribution in [0.4, 0.5) is 0 Å². The Morgan fingerprint density at radius 3 is 2.75 bits per heavy atom. The minimum Gasteiger partial charge on any atom is -0.481 e. The van der Waals surface area contributed by atoms with Gasteiger partial charge in [0.05, 0.1) is 19.3 Å². The molecule has 0 aliphatic carbocycles. The van der Waals surface area contributed by atoms with Crippen LogP contribution in [0.3, 0.4) is 0 Å². The Bertz CT molecular complexity index is 705. The third-order valence-electron chi connectivity index (χ3n) is 4.06. The maximum atomic E-state index is 5.16. The van der Waals surface area contributed by atoms with Gasteiger partial charge in [-0.3, -0.25) is 4.99 Å². The molecule has 0 atom stereocenters. The van der Waals surface area contributed by atoms with Gasteiger partial charge in [-0.05, 0) is 23.6 Å². The molecule has 6 heteroatoms. The fraction of sp³-hybridized carbons (Fsp3) is 0.333. The molecule has 0 unspecified atom stereocenters. The van der Waals surface area contributed by atoms with Gasteiger partial charge in [0.15, 0.2) is 5.96 Å². The number of pyridine rings is 1. The first-order valence-corrected chi connectivity index (χ1v) is 7.82. The second-order valence-electron chi connectivity index (χ2n) is 5.51. The highest BCUT2D eigenvalue weighted by Crippen LogP contribution is 2.18. The van der Waals surface area contributed by atoms with Crippen LogP contribution in [0.15, 0.2) is 47.5 Å². The minimum absolute atomic E-state index is 0. The predicted molar refractivity (Wildman–Crippen MR) is 107 cm³/mol. The van der Waals surface area contributed by atoms with Gasteiger partial charge in [0.25, 0.3) is 0 Å². The highest BCUT2D eigenvalue weighted by Gasteiger charge is 2.18. The van der Waals surface area contributed by atoms with E-state index in [-0.39, 0.29) is 24.0 Å². The molecular weight excluding hydrogens is 415 g/mol. The van der Waals surface area contributed by atoms with Gasteiger partial charge in [-0.2, -0.15) is 0 Å². The summed E-state index contributed by atoms with van der Waals surface area (Å²) in [5, 5.41) is 3.40. The Kier molecular flexibility index (Phi) is 6.84. The maximum Gasteiger partial charge on any atom is 0.213 e. The number of guanidine groups is 1.